The van der Waals surface area contributed by atoms with Gasteiger partial charge in [-0.05, 0) is 287 Å². The first-order valence-corrected chi connectivity index (χ1v) is 50.8. The van der Waals surface area contributed by atoms with E-state index in [1.807, 2.05) is 283 Å². The quantitative estimate of drug-likeness (QED) is 0.0366. The van der Waals surface area contributed by atoms with Crippen LogP contribution in [-0.2, 0) is 0 Å². The number of fused-ring (bicyclic) bond motifs is 10. The van der Waals surface area contributed by atoms with Crippen molar-refractivity contribution in [1.29, 1.82) is 0 Å². The van der Waals surface area contributed by atoms with Gasteiger partial charge >= 0.3 is 0 Å². The van der Waals surface area contributed by atoms with Crippen molar-refractivity contribution >= 4 is 119 Å². The number of nitrogens with one attached hydrogen (secondary N) is 4. The number of rotatable bonds is 26. The molecule has 0 unspecified atom stereocenters. The number of likely N-dealkylation sites (N-methyl/N-ethyl adjacent to an activating group) is 1. The molecule has 19 heterocycles. The zero-order chi connectivity index (χ0) is 104. The lowest BCUT2D eigenvalue weighted by Crippen LogP contribution is -2.39. The van der Waals surface area contributed by atoms with E-state index in [9.17, 15) is 24.0 Å². The zero-order valence-corrected chi connectivity index (χ0v) is 85.5. The summed E-state index contributed by atoms with van der Waals surface area (Å²) in [5.74, 6) is 2.65. The van der Waals surface area contributed by atoms with E-state index in [0.717, 1.165) is 223 Å². The molecule has 2 saturated heterocycles. The first kappa shape index (κ1) is 99.8. The molecule has 5 amide bonds. The second-order valence-electron chi connectivity index (χ2n) is 37.4. The molecule has 4 N–H and O–H groups in total. The lowest BCUT2D eigenvalue weighted by molar-refractivity contribution is 0.0682. The van der Waals surface area contributed by atoms with E-state index < -0.39 is 0 Å². The Morgan fingerprint density at radius 2 is 0.673 bits per heavy atom. The zero-order valence-electron chi connectivity index (χ0n) is 85.5. The van der Waals surface area contributed by atoms with E-state index in [4.69, 9.17) is 22.1 Å². The molecule has 0 spiro atoms. The largest absolute Gasteiger partial charge is 0.441 e. The third-order valence-corrected chi connectivity index (χ3v) is 27.2. The van der Waals surface area contributed by atoms with Crippen molar-refractivity contribution in [2.24, 2.45) is 0 Å². The topological polar surface area (TPSA) is 394 Å². The third kappa shape index (κ3) is 22.4. The molecule has 36 heteroatoms. The maximum absolute atomic E-state index is 13.4. The number of hydrogen-bond acceptors (Lipinski definition) is 25. The smallest absolute Gasteiger partial charge is 0.274 e. The molecule has 17 aromatic heterocycles. The third-order valence-electron chi connectivity index (χ3n) is 27.2. The van der Waals surface area contributed by atoms with Gasteiger partial charge in [-0.25, -0.2) is 49.8 Å². The molecule has 5 aromatic carbocycles. The van der Waals surface area contributed by atoms with Gasteiger partial charge in [-0.3, -0.25) is 55.6 Å². The maximum atomic E-state index is 13.4. The van der Waals surface area contributed by atoms with Gasteiger partial charge in [-0.15, -0.1) is 0 Å². The van der Waals surface area contributed by atoms with Gasteiger partial charge in [0.1, 0.15) is 84.3 Å². The molecule has 22 aromatic rings. The fourth-order valence-corrected chi connectivity index (χ4v) is 19.1. The molecule has 150 heavy (non-hydrogen) atoms. The molecule has 24 rings (SSSR count). The molecule has 0 bridgehead atoms. The Hall–Kier alpha value is -17.5. The van der Waals surface area contributed by atoms with Gasteiger partial charge in [0.05, 0.1) is 54.6 Å². The Balaban J connectivity index is 0.000000113. The summed E-state index contributed by atoms with van der Waals surface area (Å²) in [6.07, 6.45) is 26.7. The van der Waals surface area contributed by atoms with Crippen LogP contribution < -0.4 is 21.3 Å². The maximum Gasteiger partial charge on any atom is 0.274 e. The minimum Gasteiger partial charge on any atom is -0.441 e. The second kappa shape index (κ2) is 44.4. The first-order valence-electron chi connectivity index (χ1n) is 50.8. The number of amides is 5. The van der Waals surface area contributed by atoms with Crippen LogP contribution in [0.3, 0.4) is 0 Å². The Labute approximate surface area is 862 Å². The van der Waals surface area contributed by atoms with Crippen LogP contribution in [0.2, 0.25) is 0 Å². The van der Waals surface area contributed by atoms with Crippen LogP contribution in [0.5, 0.6) is 0 Å². The van der Waals surface area contributed by atoms with Crippen LogP contribution in [0.4, 0.5) is 5.69 Å². The highest BCUT2D eigenvalue weighted by Gasteiger charge is 2.29. The summed E-state index contributed by atoms with van der Waals surface area (Å²) in [7, 11) is 0. The predicted octanol–water partition coefficient (Wildman–Crippen LogP) is 19.6. The number of imidazole rings is 5. The highest BCUT2D eigenvalue weighted by molar-refractivity contribution is 6.04. The van der Waals surface area contributed by atoms with Crippen LogP contribution in [0.25, 0.3) is 139 Å². The number of aromatic nitrogens is 18. The summed E-state index contributed by atoms with van der Waals surface area (Å²) in [5.41, 5.74) is 26.7. The number of anilines is 1. The molecular formula is C114H116N26O10. The number of oxazole rings is 5. The van der Waals surface area contributed by atoms with Gasteiger partial charge in [-0.2, -0.15) is 5.10 Å². The van der Waals surface area contributed by atoms with E-state index in [1.165, 1.54) is 12.8 Å². The summed E-state index contributed by atoms with van der Waals surface area (Å²) in [4.78, 5) is 121. The van der Waals surface area contributed by atoms with E-state index >= 15 is 0 Å². The molecular weight excluding hydrogens is 1890 g/mol. The van der Waals surface area contributed by atoms with Gasteiger partial charge in [-0.1, -0.05) is 58.0 Å². The number of piperidine rings is 1. The lowest BCUT2D eigenvalue weighted by Gasteiger charge is -2.32. The monoisotopic (exact) mass is 2010 g/mol. The summed E-state index contributed by atoms with van der Waals surface area (Å²) < 4.78 is 39.0. The van der Waals surface area contributed by atoms with Gasteiger partial charge in [0.2, 0.25) is 0 Å². The summed E-state index contributed by atoms with van der Waals surface area (Å²) in [5, 5.41) is 16.5. The van der Waals surface area contributed by atoms with Crippen LogP contribution in [0.15, 0.2) is 266 Å². The molecule has 36 nitrogen and oxygen atoms in total. The molecule has 0 aliphatic carbocycles. The summed E-state index contributed by atoms with van der Waals surface area (Å²) >= 11 is 0. The number of hydrogen-bond donors (Lipinski definition) is 4. The van der Waals surface area contributed by atoms with Gasteiger partial charge in [0, 0.05) is 123 Å². The van der Waals surface area contributed by atoms with Crippen LogP contribution >= 0.6 is 0 Å². The number of benzene rings is 5. The molecule has 2 fully saturated rings. The average molecular weight is 2010 g/mol. The second-order valence-corrected chi connectivity index (χ2v) is 37.4. The Morgan fingerprint density at radius 3 is 1.02 bits per heavy atom. The first-order chi connectivity index (χ1) is 72.9. The predicted molar refractivity (Wildman–Crippen MR) is 576 cm³/mol. The molecule has 762 valence electrons. The standard InChI is InChI=1S/C25H24N6O2.C23H27N5O2.C22H17N5O2.C22H23N5O2.C22H25N5O2/c1-16-7-12-31(28-16)20-8-10-29(11-9-20)25(32)22-14-26-24-6-4-19(15-30(22)24)18-3-5-23-21(13-18)27-17(2)33-23;1-4-27(5-2)12-6-11-24-23(29)20-14-25-22-10-8-18(15-28(20)22)17-7-9-21-19(13-17)26-16(3)30-21;1-13-3-6-17(10-23-13)26-22(28)19-11-24-21-8-5-16(12-27(19)21)15-4-7-20-18(9-15)25-14(2)29-20;1-15-25-18-12-16(4-6-20(18)29-15)17-5-7-21-24-13-19(27(21)14-17)22(28)23-8-11-26-9-2-3-10-26;1-4-26(5-2)11-10-23-22(28)19-13-24-21-9-7-17(14-27(19)21)16-6-8-20-18(12-16)25-15(3)29-20/h3-7,12-15,20H,8-11H2,1-2H3;7-10,13-15H,4-6,11-12H2,1-3H3,(H,24,29);3-12H,1-2H3,(H,26,28);4-7,12-14H,2-3,8-11H2,1H3,(H,23,28);6-9,12-14H,4-5,10-11H2,1-3H3,(H,23,28). The van der Waals surface area contributed by atoms with Crippen LogP contribution in [0.1, 0.15) is 159 Å². The molecule has 0 saturated carbocycles. The summed E-state index contributed by atoms with van der Waals surface area (Å²) in [6, 6.07) is 55.2. The van der Waals surface area contributed by atoms with Crippen molar-refractivity contribution in [1.82, 2.24) is 122 Å². The minimum absolute atomic E-state index is 0.0114. The van der Waals surface area contributed by atoms with E-state index in [2.05, 4.69) is 124 Å². The summed E-state index contributed by atoms with van der Waals surface area (Å²) in [6.45, 7) is 33.9. The van der Waals surface area contributed by atoms with Gasteiger partial charge in [0.15, 0.2) is 57.4 Å². The van der Waals surface area contributed by atoms with Crippen molar-refractivity contribution in [3.05, 3.63) is 314 Å². The minimum atomic E-state index is -0.247. The van der Waals surface area contributed by atoms with Crippen molar-refractivity contribution in [3.63, 3.8) is 0 Å². The Bertz CT molecular complexity index is 8500. The number of nitrogens with zero attached hydrogens (tertiary/aromatic N) is 22. The molecule has 0 atom stereocenters. The van der Waals surface area contributed by atoms with Crippen molar-refractivity contribution in [2.75, 3.05) is 96.9 Å². The van der Waals surface area contributed by atoms with Crippen molar-refractivity contribution in [2.45, 2.75) is 114 Å². The van der Waals surface area contributed by atoms with E-state index in [1.54, 1.807) is 41.6 Å². The van der Waals surface area contributed by atoms with Gasteiger partial charge in [0.25, 0.3) is 29.5 Å². The SMILES string of the molecule is CCN(CC)CCCNC(=O)c1cnc2ccc(-c3ccc4oc(C)nc4c3)cn12.CCN(CC)CCNC(=O)c1cnc2ccc(-c3ccc4oc(C)nc4c3)cn12.Cc1ccc(NC(=O)c2cnc3ccc(-c4ccc5oc(C)nc5c4)cn23)cn1.Cc1ccn(C2CCN(C(=O)c3cnc4ccc(-c5ccc6oc(C)nc6c5)cn34)CC2)n1.Cc1nc2cc(-c3ccc4ncc(C(=O)NCCN5CCCC5)n4c3)ccc2o1. The Morgan fingerprint density at radius 1 is 0.340 bits per heavy atom. The van der Waals surface area contributed by atoms with E-state index in [0.29, 0.717) is 108 Å². The normalized spacial score (nSPS) is 12.9. The van der Waals surface area contributed by atoms with Crippen LogP contribution in [0, 0.1) is 48.5 Å². The highest BCUT2D eigenvalue weighted by atomic mass is 16.4. The number of carbonyl (C=O) groups is 5. The highest BCUT2D eigenvalue weighted by Crippen LogP contribution is 2.34. The van der Waals surface area contributed by atoms with Crippen LogP contribution in [-0.4, -0.2) is 227 Å². The van der Waals surface area contributed by atoms with Crippen molar-refractivity contribution < 1.29 is 46.1 Å². The molecule has 2 aliphatic heterocycles. The Kier molecular flexibility index (Phi) is 29.6. The fourth-order valence-electron chi connectivity index (χ4n) is 19.1. The molecule has 0 radical (unpaired) electrons. The number of carbonyl (C=O) groups excluding carboxylic acids is 5. The molecule has 2 aliphatic rings. The van der Waals surface area contributed by atoms with E-state index in [-0.39, 0.29) is 29.5 Å². The number of likely N-dealkylation sites (tertiary alicyclic amines) is 2. The average Bonchev–Trinajstić information content (AvgIpc) is 1.39. The van der Waals surface area contributed by atoms with Gasteiger partial charge < -0.3 is 63.0 Å². The fraction of sp³-hybridized carbons (Fsp3) is 0.272. The number of aryl methyl sites for hydroxylation is 7. The van der Waals surface area contributed by atoms with Crippen molar-refractivity contribution in [3.8, 4) is 55.6 Å². The lowest BCUT2D eigenvalue weighted by atomic mass is 10.0. The number of pyridine rings is 6.